The van der Waals surface area contributed by atoms with Crippen LogP contribution in [0, 0.1) is 12.8 Å². The molecule has 0 unspecified atom stereocenters. The maximum absolute atomic E-state index is 4.17. The summed E-state index contributed by atoms with van der Waals surface area (Å²) in [5, 5.41) is 3.44. The number of rotatable bonds is 7. The molecule has 2 rings (SSSR count). The summed E-state index contributed by atoms with van der Waals surface area (Å²) < 4.78 is 0. The number of anilines is 1. The van der Waals surface area contributed by atoms with Gasteiger partial charge >= 0.3 is 0 Å². The van der Waals surface area contributed by atoms with Gasteiger partial charge in [0.25, 0.3) is 0 Å². The lowest BCUT2D eigenvalue weighted by atomic mass is 10.0. The Morgan fingerprint density at radius 1 is 1.23 bits per heavy atom. The summed E-state index contributed by atoms with van der Waals surface area (Å²) >= 11 is 0. The smallest absolute Gasteiger partial charge is 0.0419 e. The largest absolute Gasteiger partial charge is 0.356 e. The van der Waals surface area contributed by atoms with Crippen LogP contribution < -0.4 is 5.32 Å². The zero-order valence-electron chi connectivity index (χ0n) is 14.1. The van der Waals surface area contributed by atoms with Crippen molar-refractivity contribution >= 4 is 11.3 Å². The van der Waals surface area contributed by atoms with Crippen molar-refractivity contribution in [3.05, 3.63) is 72.0 Å². The van der Waals surface area contributed by atoms with Gasteiger partial charge in [0.15, 0.2) is 0 Å². The second-order valence-electron chi connectivity index (χ2n) is 6.44. The molecule has 1 heteroatoms. The maximum Gasteiger partial charge on any atom is 0.0419 e. The van der Waals surface area contributed by atoms with Crippen LogP contribution in [0.25, 0.3) is 5.57 Å². The molecule has 0 aromatic heterocycles. The molecule has 1 N–H and O–H groups in total. The Kier molecular flexibility index (Phi) is 5.07. The maximum atomic E-state index is 4.17. The van der Waals surface area contributed by atoms with Gasteiger partial charge in [0.2, 0.25) is 0 Å². The van der Waals surface area contributed by atoms with Crippen molar-refractivity contribution in [1.82, 2.24) is 0 Å². The standard InChI is InChI=1S/C21H27N/c1-14(2)20-10-9-17(5)21(13-20)22-18(6)15(3)7-8-16(4)19-11-12-19/h7,9-10,13,19,22H,1,4,6,8,11-12H2,2-3,5H3/b15-7+. The van der Waals surface area contributed by atoms with Crippen LogP contribution in [-0.4, -0.2) is 0 Å². The first-order valence-corrected chi connectivity index (χ1v) is 7.95. The van der Waals surface area contributed by atoms with E-state index in [1.54, 1.807) is 0 Å². The Morgan fingerprint density at radius 2 is 1.91 bits per heavy atom. The fraction of sp³-hybridized carbons (Fsp3) is 0.333. The summed E-state index contributed by atoms with van der Waals surface area (Å²) in [4.78, 5) is 0. The average Bonchev–Trinajstić information content (AvgIpc) is 3.30. The van der Waals surface area contributed by atoms with E-state index in [-0.39, 0.29) is 0 Å². The zero-order chi connectivity index (χ0) is 16.3. The van der Waals surface area contributed by atoms with E-state index in [2.05, 4.69) is 63.2 Å². The van der Waals surface area contributed by atoms with Crippen LogP contribution in [0.2, 0.25) is 0 Å². The third-order valence-corrected chi connectivity index (χ3v) is 4.32. The fourth-order valence-electron chi connectivity index (χ4n) is 2.35. The van der Waals surface area contributed by atoms with Crippen LogP contribution in [0.5, 0.6) is 0 Å². The number of aryl methyl sites for hydroxylation is 1. The number of hydrogen-bond acceptors (Lipinski definition) is 1. The van der Waals surface area contributed by atoms with E-state index < -0.39 is 0 Å². The van der Waals surface area contributed by atoms with E-state index >= 15 is 0 Å². The molecule has 22 heavy (non-hydrogen) atoms. The van der Waals surface area contributed by atoms with Crippen molar-refractivity contribution in [2.75, 3.05) is 5.32 Å². The van der Waals surface area contributed by atoms with Gasteiger partial charge in [-0.25, -0.2) is 0 Å². The topological polar surface area (TPSA) is 12.0 Å². The number of benzene rings is 1. The van der Waals surface area contributed by atoms with Crippen molar-refractivity contribution in [2.24, 2.45) is 5.92 Å². The molecule has 1 aliphatic rings. The minimum atomic E-state index is 0.764. The van der Waals surface area contributed by atoms with Gasteiger partial charge in [0.1, 0.15) is 0 Å². The molecule has 116 valence electrons. The predicted molar refractivity (Wildman–Crippen MR) is 98.9 cm³/mol. The minimum absolute atomic E-state index is 0.764. The SMILES string of the molecule is C=C(Nc1cc(C(=C)C)ccc1C)/C(C)=C/CC(=C)C1CC1. The van der Waals surface area contributed by atoms with Gasteiger partial charge in [0.05, 0.1) is 0 Å². The lowest BCUT2D eigenvalue weighted by Crippen LogP contribution is -2.02. The minimum Gasteiger partial charge on any atom is -0.356 e. The van der Waals surface area contributed by atoms with Gasteiger partial charge in [-0.05, 0) is 68.7 Å². The van der Waals surface area contributed by atoms with Crippen LogP contribution in [0.15, 0.2) is 60.9 Å². The summed E-state index contributed by atoms with van der Waals surface area (Å²) in [6.07, 6.45) is 5.82. The molecule has 0 spiro atoms. The number of hydrogen-bond donors (Lipinski definition) is 1. The highest BCUT2D eigenvalue weighted by atomic mass is 14.9. The van der Waals surface area contributed by atoms with Gasteiger partial charge in [-0.3, -0.25) is 0 Å². The highest BCUT2D eigenvalue weighted by Gasteiger charge is 2.23. The first kappa shape index (κ1) is 16.4. The Hall–Kier alpha value is -2.02. The van der Waals surface area contributed by atoms with E-state index in [1.165, 1.54) is 29.6 Å². The van der Waals surface area contributed by atoms with Crippen molar-refractivity contribution < 1.29 is 0 Å². The van der Waals surface area contributed by atoms with Crippen LogP contribution in [0.4, 0.5) is 5.69 Å². The number of nitrogens with one attached hydrogen (secondary N) is 1. The molecule has 0 bridgehead atoms. The monoisotopic (exact) mass is 293 g/mol. The highest BCUT2D eigenvalue weighted by molar-refractivity contribution is 5.68. The molecule has 0 radical (unpaired) electrons. The van der Waals surface area contributed by atoms with Crippen LogP contribution >= 0.6 is 0 Å². The van der Waals surface area contributed by atoms with Crippen molar-refractivity contribution in [1.29, 1.82) is 0 Å². The summed E-state index contributed by atoms with van der Waals surface area (Å²) in [5.41, 5.74) is 8.02. The van der Waals surface area contributed by atoms with Crippen LogP contribution in [0.3, 0.4) is 0 Å². The van der Waals surface area contributed by atoms with Crippen molar-refractivity contribution in [2.45, 2.75) is 40.0 Å². The van der Waals surface area contributed by atoms with Crippen LogP contribution in [0.1, 0.15) is 44.2 Å². The Balaban J connectivity index is 2.04. The quantitative estimate of drug-likeness (QED) is 0.462. The lowest BCUT2D eigenvalue weighted by Gasteiger charge is -2.14. The molecular formula is C21H27N. The van der Waals surface area contributed by atoms with E-state index in [0.29, 0.717) is 0 Å². The highest BCUT2D eigenvalue weighted by Crippen LogP contribution is 2.37. The summed E-state index contributed by atoms with van der Waals surface area (Å²) in [6, 6.07) is 6.36. The summed E-state index contributed by atoms with van der Waals surface area (Å²) in [6.45, 7) is 18.6. The van der Waals surface area contributed by atoms with Crippen LogP contribution in [-0.2, 0) is 0 Å². The average molecular weight is 293 g/mol. The number of allylic oxidation sites excluding steroid dienone is 4. The van der Waals surface area contributed by atoms with E-state index in [1.807, 2.05) is 6.92 Å². The molecule has 0 aliphatic heterocycles. The molecule has 1 aromatic carbocycles. The second-order valence-corrected chi connectivity index (χ2v) is 6.44. The third kappa shape index (κ3) is 4.24. The molecule has 1 aromatic rings. The molecule has 1 fully saturated rings. The summed E-state index contributed by atoms with van der Waals surface area (Å²) in [7, 11) is 0. The molecule has 0 amide bonds. The normalized spacial score (nSPS) is 14.6. The predicted octanol–water partition coefficient (Wildman–Crippen LogP) is 6.26. The van der Waals surface area contributed by atoms with E-state index in [9.17, 15) is 0 Å². The molecule has 0 saturated heterocycles. The zero-order valence-corrected chi connectivity index (χ0v) is 14.1. The molecule has 1 saturated carbocycles. The van der Waals surface area contributed by atoms with Gasteiger partial charge in [-0.1, -0.05) is 49.1 Å². The van der Waals surface area contributed by atoms with E-state index in [4.69, 9.17) is 0 Å². The van der Waals surface area contributed by atoms with E-state index in [0.717, 1.165) is 34.9 Å². The summed E-state index contributed by atoms with van der Waals surface area (Å²) in [5.74, 6) is 0.764. The molecule has 1 aliphatic carbocycles. The van der Waals surface area contributed by atoms with Crippen molar-refractivity contribution in [3.8, 4) is 0 Å². The van der Waals surface area contributed by atoms with Gasteiger partial charge in [-0.15, -0.1) is 0 Å². The first-order chi connectivity index (χ1) is 10.4. The van der Waals surface area contributed by atoms with Gasteiger partial charge in [0, 0.05) is 11.4 Å². The Bertz CT molecular complexity index is 642. The fourth-order valence-corrected chi connectivity index (χ4v) is 2.35. The lowest BCUT2D eigenvalue weighted by molar-refractivity contribution is 0.956. The third-order valence-electron chi connectivity index (χ3n) is 4.32. The first-order valence-electron chi connectivity index (χ1n) is 7.95. The molecule has 0 atom stereocenters. The van der Waals surface area contributed by atoms with Crippen molar-refractivity contribution in [3.63, 3.8) is 0 Å². The molecule has 1 nitrogen and oxygen atoms in total. The molecule has 0 heterocycles. The Labute approximate surface area is 135 Å². The second kappa shape index (κ2) is 6.83. The van der Waals surface area contributed by atoms with Gasteiger partial charge < -0.3 is 5.32 Å². The van der Waals surface area contributed by atoms with Gasteiger partial charge in [-0.2, -0.15) is 0 Å². The molecular weight excluding hydrogens is 266 g/mol. The Morgan fingerprint density at radius 3 is 2.50 bits per heavy atom.